The molecule has 0 aromatic heterocycles. The number of carbonyl (C=O) groups excluding carboxylic acids is 2. The first kappa shape index (κ1) is 24.2. The Kier molecular flexibility index (Phi) is 7.65. The molecule has 5 nitrogen and oxygen atoms in total. The molecule has 1 unspecified atom stereocenters. The Bertz CT molecular complexity index is 1150. The molecule has 0 bridgehead atoms. The predicted molar refractivity (Wildman–Crippen MR) is 123 cm³/mol. The highest BCUT2D eigenvalue weighted by Gasteiger charge is 2.30. The number of halogens is 3. The van der Waals surface area contributed by atoms with Crippen molar-refractivity contribution in [3.8, 4) is 5.75 Å². The van der Waals surface area contributed by atoms with E-state index in [1.807, 2.05) is 0 Å². The Morgan fingerprint density at radius 1 is 0.909 bits per heavy atom. The highest BCUT2D eigenvalue weighted by molar-refractivity contribution is 8.00. The topological polar surface area (TPSA) is 67.4 Å². The SMILES string of the molecule is COc1cccc(C(=O)Nc2cccc(SC(C)C(=O)Nc3cccc(C(F)(F)F)c3)c2)c1. The van der Waals surface area contributed by atoms with Gasteiger partial charge in [-0.25, -0.2) is 0 Å². The molecule has 3 aromatic rings. The fourth-order valence-electron chi connectivity index (χ4n) is 2.89. The van der Waals surface area contributed by atoms with Gasteiger partial charge in [-0.05, 0) is 61.5 Å². The molecule has 2 N–H and O–H groups in total. The van der Waals surface area contributed by atoms with Gasteiger partial charge in [0, 0.05) is 21.8 Å². The molecule has 2 amide bonds. The summed E-state index contributed by atoms with van der Waals surface area (Å²) in [7, 11) is 1.52. The van der Waals surface area contributed by atoms with Gasteiger partial charge in [-0.3, -0.25) is 9.59 Å². The zero-order chi connectivity index (χ0) is 24.0. The van der Waals surface area contributed by atoms with Crippen molar-refractivity contribution >= 4 is 35.0 Å². The minimum atomic E-state index is -4.49. The summed E-state index contributed by atoms with van der Waals surface area (Å²) in [5.41, 5.74) is 0.209. The Morgan fingerprint density at radius 2 is 1.58 bits per heavy atom. The third-order valence-electron chi connectivity index (χ3n) is 4.56. The number of rotatable bonds is 7. The number of carbonyl (C=O) groups is 2. The van der Waals surface area contributed by atoms with Crippen molar-refractivity contribution in [1.29, 1.82) is 0 Å². The van der Waals surface area contributed by atoms with Crippen LogP contribution in [0.3, 0.4) is 0 Å². The van der Waals surface area contributed by atoms with E-state index in [0.717, 1.165) is 12.1 Å². The van der Waals surface area contributed by atoms with Crippen LogP contribution < -0.4 is 15.4 Å². The Hall–Kier alpha value is -3.46. The maximum absolute atomic E-state index is 12.9. The second kappa shape index (κ2) is 10.4. The average Bonchev–Trinajstić information content (AvgIpc) is 2.79. The van der Waals surface area contributed by atoms with Crippen molar-refractivity contribution in [2.45, 2.75) is 23.2 Å². The van der Waals surface area contributed by atoms with Crippen molar-refractivity contribution in [2.24, 2.45) is 0 Å². The normalized spacial score (nSPS) is 12.0. The number of hydrogen-bond donors (Lipinski definition) is 2. The highest BCUT2D eigenvalue weighted by atomic mass is 32.2. The molecular formula is C24H21F3N2O3S. The summed E-state index contributed by atoms with van der Waals surface area (Å²) in [4.78, 5) is 25.7. The minimum Gasteiger partial charge on any atom is -0.497 e. The fraction of sp³-hybridized carbons (Fsp3) is 0.167. The Morgan fingerprint density at radius 3 is 2.27 bits per heavy atom. The third-order valence-corrected chi connectivity index (χ3v) is 5.66. The molecule has 0 saturated heterocycles. The first-order chi connectivity index (χ1) is 15.7. The van der Waals surface area contributed by atoms with E-state index in [-0.39, 0.29) is 11.6 Å². The van der Waals surface area contributed by atoms with Crippen LogP contribution in [-0.4, -0.2) is 24.2 Å². The molecule has 9 heteroatoms. The van der Waals surface area contributed by atoms with Crippen LogP contribution >= 0.6 is 11.8 Å². The molecule has 33 heavy (non-hydrogen) atoms. The summed E-state index contributed by atoms with van der Waals surface area (Å²) in [5, 5.41) is 4.72. The van der Waals surface area contributed by atoms with Crippen LogP contribution in [0.5, 0.6) is 5.75 Å². The maximum atomic E-state index is 12.9. The number of ether oxygens (including phenoxy) is 1. The molecule has 3 aromatic carbocycles. The molecule has 0 aliphatic carbocycles. The predicted octanol–water partition coefficient (Wildman–Crippen LogP) is 6.09. The van der Waals surface area contributed by atoms with Gasteiger partial charge in [0.15, 0.2) is 0 Å². The van der Waals surface area contributed by atoms with E-state index in [9.17, 15) is 22.8 Å². The van der Waals surface area contributed by atoms with E-state index >= 15 is 0 Å². The fourth-order valence-corrected chi connectivity index (χ4v) is 3.82. The summed E-state index contributed by atoms with van der Waals surface area (Å²) in [6, 6.07) is 18.2. The zero-order valence-corrected chi connectivity index (χ0v) is 18.6. The quantitative estimate of drug-likeness (QED) is 0.407. The van der Waals surface area contributed by atoms with Gasteiger partial charge >= 0.3 is 6.18 Å². The first-order valence-electron chi connectivity index (χ1n) is 9.86. The van der Waals surface area contributed by atoms with Crippen LogP contribution in [0.2, 0.25) is 0 Å². The van der Waals surface area contributed by atoms with Gasteiger partial charge in [-0.15, -0.1) is 11.8 Å². The van der Waals surface area contributed by atoms with E-state index in [4.69, 9.17) is 4.74 Å². The lowest BCUT2D eigenvalue weighted by Crippen LogP contribution is -2.22. The van der Waals surface area contributed by atoms with Gasteiger partial charge in [0.25, 0.3) is 5.91 Å². The van der Waals surface area contributed by atoms with Crippen molar-refractivity contribution in [3.63, 3.8) is 0 Å². The molecule has 0 heterocycles. The number of methoxy groups -OCH3 is 1. The van der Waals surface area contributed by atoms with Crippen molar-refractivity contribution in [3.05, 3.63) is 83.9 Å². The smallest absolute Gasteiger partial charge is 0.416 e. The molecule has 0 aliphatic heterocycles. The van der Waals surface area contributed by atoms with E-state index in [1.165, 1.54) is 31.0 Å². The second-order valence-electron chi connectivity index (χ2n) is 7.04. The first-order valence-corrected chi connectivity index (χ1v) is 10.7. The van der Waals surface area contributed by atoms with Crippen LogP contribution in [0.1, 0.15) is 22.8 Å². The molecule has 0 radical (unpaired) electrons. The number of alkyl halides is 3. The van der Waals surface area contributed by atoms with Gasteiger partial charge in [0.1, 0.15) is 5.75 Å². The number of hydrogen-bond acceptors (Lipinski definition) is 4. The standard InChI is InChI=1S/C24H21F3N2O3S/c1-15(22(30)28-18-8-4-7-17(13-18)24(25,26)27)33-21-11-5-9-19(14-21)29-23(31)16-6-3-10-20(12-16)32-2/h3-15H,1-2H3,(H,28,30)(H,29,31). The summed E-state index contributed by atoms with van der Waals surface area (Å²) < 4.78 is 43.7. The average molecular weight is 475 g/mol. The maximum Gasteiger partial charge on any atom is 0.416 e. The van der Waals surface area contributed by atoms with Crippen LogP contribution in [0.4, 0.5) is 24.5 Å². The highest BCUT2D eigenvalue weighted by Crippen LogP contribution is 2.31. The molecule has 1 atom stereocenters. The van der Waals surface area contributed by atoms with Gasteiger partial charge in [-0.1, -0.05) is 18.2 Å². The van der Waals surface area contributed by atoms with E-state index < -0.39 is 22.9 Å². The van der Waals surface area contributed by atoms with Crippen molar-refractivity contribution in [1.82, 2.24) is 0 Å². The molecule has 0 saturated carbocycles. The van der Waals surface area contributed by atoms with Crippen LogP contribution in [-0.2, 0) is 11.0 Å². The molecule has 0 aliphatic rings. The van der Waals surface area contributed by atoms with E-state index in [2.05, 4.69) is 10.6 Å². The lowest BCUT2D eigenvalue weighted by Gasteiger charge is -2.14. The minimum absolute atomic E-state index is 0.0709. The Balaban J connectivity index is 1.63. The molecule has 0 fully saturated rings. The number of nitrogens with one attached hydrogen (secondary N) is 2. The molecule has 172 valence electrons. The lowest BCUT2D eigenvalue weighted by atomic mass is 10.2. The number of thioether (sulfide) groups is 1. The lowest BCUT2D eigenvalue weighted by molar-refractivity contribution is -0.137. The third kappa shape index (κ3) is 6.76. The second-order valence-corrected chi connectivity index (χ2v) is 8.46. The van der Waals surface area contributed by atoms with Crippen LogP contribution in [0.15, 0.2) is 77.7 Å². The Labute approximate surface area is 193 Å². The van der Waals surface area contributed by atoms with Crippen molar-refractivity contribution < 1.29 is 27.5 Å². The number of benzene rings is 3. The summed E-state index contributed by atoms with van der Waals surface area (Å²) in [5.74, 6) is -0.191. The zero-order valence-electron chi connectivity index (χ0n) is 17.8. The van der Waals surface area contributed by atoms with Crippen LogP contribution in [0, 0.1) is 0 Å². The van der Waals surface area contributed by atoms with Crippen molar-refractivity contribution in [2.75, 3.05) is 17.7 Å². The van der Waals surface area contributed by atoms with Gasteiger partial charge in [0.05, 0.1) is 17.9 Å². The van der Waals surface area contributed by atoms with Gasteiger partial charge < -0.3 is 15.4 Å². The van der Waals surface area contributed by atoms with Crippen LogP contribution in [0.25, 0.3) is 0 Å². The summed E-state index contributed by atoms with van der Waals surface area (Å²) in [6.07, 6.45) is -4.49. The molecule has 3 rings (SSSR count). The van der Waals surface area contributed by atoms with Gasteiger partial charge in [-0.2, -0.15) is 13.2 Å². The molecular weight excluding hydrogens is 453 g/mol. The van der Waals surface area contributed by atoms with E-state index in [1.54, 1.807) is 55.5 Å². The number of amides is 2. The number of anilines is 2. The largest absolute Gasteiger partial charge is 0.497 e. The summed E-state index contributed by atoms with van der Waals surface area (Å²) in [6.45, 7) is 1.65. The summed E-state index contributed by atoms with van der Waals surface area (Å²) >= 11 is 1.22. The van der Waals surface area contributed by atoms with E-state index in [0.29, 0.717) is 21.9 Å². The molecule has 0 spiro atoms. The monoisotopic (exact) mass is 474 g/mol. The van der Waals surface area contributed by atoms with Gasteiger partial charge in [0.2, 0.25) is 5.91 Å².